The van der Waals surface area contributed by atoms with Crippen LogP contribution >= 0.6 is 11.6 Å². The lowest BCUT2D eigenvalue weighted by Crippen LogP contribution is -2.04. The number of nitrogen functional groups attached to an aromatic ring is 1. The number of halogens is 1. The minimum Gasteiger partial charge on any atom is -0.398 e. The monoisotopic (exact) mass is 220 g/mol. The molecule has 0 saturated heterocycles. The van der Waals surface area contributed by atoms with Crippen molar-refractivity contribution in [3.05, 3.63) is 51.8 Å². The molecule has 1 aromatic carbocycles. The Balaban J connectivity index is 2.59. The molecule has 0 aliphatic carbocycles. The molecule has 0 saturated carbocycles. The number of nitrogens with one attached hydrogen (secondary N) is 1. The van der Waals surface area contributed by atoms with E-state index in [-0.39, 0.29) is 5.56 Å². The Morgan fingerprint density at radius 3 is 2.67 bits per heavy atom. The van der Waals surface area contributed by atoms with E-state index < -0.39 is 0 Å². The van der Waals surface area contributed by atoms with Crippen LogP contribution in [0.2, 0.25) is 5.02 Å². The van der Waals surface area contributed by atoms with Gasteiger partial charge in [0.15, 0.2) is 0 Å². The van der Waals surface area contributed by atoms with Crippen LogP contribution in [0.1, 0.15) is 0 Å². The Labute approximate surface area is 91.5 Å². The fourth-order valence-electron chi connectivity index (χ4n) is 1.38. The normalized spacial score (nSPS) is 10.2. The first-order valence-corrected chi connectivity index (χ1v) is 4.79. The van der Waals surface area contributed by atoms with Crippen molar-refractivity contribution in [2.45, 2.75) is 0 Å². The molecule has 0 bridgehead atoms. The Morgan fingerprint density at radius 2 is 2.00 bits per heavy atom. The van der Waals surface area contributed by atoms with E-state index in [0.717, 1.165) is 5.56 Å². The minimum atomic E-state index is -0.151. The van der Waals surface area contributed by atoms with Crippen molar-refractivity contribution < 1.29 is 0 Å². The van der Waals surface area contributed by atoms with Gasteiger partial charge in [0.1, 0.15) is 0 Å². The van der Waals surface area contributed by atoms with Gasteiger partial charge in [-0.15, -0.1) is 0 Å². The fraction of sp³-hybridized carbons (Fsp3) is 0. The lowest BCUT2D eigenvalue weighted by molar-refractivity contribution is 1.24. The van der Waals surface area contributed by atoms with Gasteiger partial charge in [0.05, 0.1) is 5.69 Å². The lowest BCUT2D eigenvalue weighted by Gasteiger charge is -2.05. The van der Waals surface area contributed by atoms with E-state index >= 15 is 0 Å². The topological polar surface area (TPSA) is 58.9 Å². The van der Waals surface area contributed by atoms with Crippen LogP contribution in [-0.4, -0.2) is 4.98 Å². The Morgan fingerprint density at radius 1 is 1.20 bits per heavy atom. The van der Waals surface area contributed by atoms with Crippen molar-refractivity contribution in [2.24, 2.45) is 0 Å². The first-order valence-electron chi connectivity index (χ1n) is 4.41. The number of pyridine rings is 1. The molecule has 3 N–H and O–H groups in total. The fourth-order valence-corrected chi connectivity index (χ4v) is 1.56. The smallest absolute Gasteiger partial charge is 0.248 e. The summed E-state index contributed by atoms with van der Waals surface area (Å²) in [4.78, 5) is 13.8. The summed E-state index contributed by atoms with van der Waals surface area (Å²) < 4.78 is 0. The number of aromatic amines is 1. The maximum Gasteiger partial charge on any atom is 0.248 e. The SMILES string of the molecule is Nc1cc(Cl)ccc1-c1cccc(=O)[nH]1. The van der Waals surface area contributed by atoms with Gasteiger partial charge in [-0.2, -0.15) is 0 Å². The largest absolute Gasteiger partial charge is 0.398 e. The van der Waals surface area contributed by atoms with Gasteiger partial charge in [0.2, 0.25) is 5.56 Å². The Kier molecular flexibility index (Phi) is 2.47. The third-order valence-corrected chi connectivity index (χ3v) is 2.31. The van der Waals surface area contributed by atoms with Gasteiger partial charge in [-0.1, -0.05) is 17.7 Å². The number of benzene rings is 1. The number of anilines is 1. The molecule has 2 rings (SSSR count). The van der Waals surface area contributed by atoms with Crippen LogP contribution in [0.25, 0.3) is 11.3 Å². The van der Waals surface area contributed by atoms with Gasteiger partial charge >= 0.3 is 0 Å². The molecule has 3 nitrogen and oxygen atoms in total. The van der Waals surface area contributed by atoms with Gasteiger partial charge in [-0.3, -0.25) is 4.79 Å². The molecule has 0 aliphatic rings. The summed E-state index contributed by atoms with van der Waals surface area (Å²) in [6.45, 7) is 0. The molecule has 76 valence electrons. The van der Waals surface area contributed by atoms with E-state index in [2.05, 4.69) is 4.98 Å². The molecule has 0 unspecified atom stereocenters. The molecule has 1 heterocycles. The van der Waals surface area contributed by atoms with Crippen LogP contribution in [0.4, 0.5) is 5.69 Å². The van der Waals surface area contributed by atoms with Crippen molar-refractivity contribution in [1.29, 1.82) is 0 Å². The number of rotatable bonds is 1. The van der Waals surface area contributed by atoms with Crippen molar-refractivity contribution in [2.75, 3.05) is 5.73 Å². The van der Waals surface area contributed by atoms with Gasteiger partial charge in [0, 0.05) is 22.3 Å². The number of H-pyrrole nitrogens is 1. The maximum absolute atomic E-state index is 11.1. The highest BCUT2D eigenvalue weighted by atomic mass is 35.5. The molecule has 0 fully saturated rings. The number of aromatic nitrogens is 1. The third kappa shape index (κ3) is 2.02. The molecule has 0 amide bonds. The zero-order valence-corrected chi connectivity index (χ0v) is 8.58. The van der Waals surface area contributed by atoms with Crippen molar-refractivity contribution in [3.63, 3.8) is 0 Å². The van der Waals surface area contributed by atoms with Crippen molar-refractivity contribution in [1.82, 2.24) is 4.98 Å². The predicted molar refractivity (Wildman–Crippen MR) is 61.9 cm³/mol. The predicted octanol–water partition coefficient (Wildman–Crippen LogP) is 2.28. The summed E-state index contributed by atoms with van der Waals surface area (Å²) in [5.41, 5.74) is 7.66. The summed E-state index contributed by atoms with van der Waals surface area (Å²) in [6.07, 6.45) is 0. The van der Waals surface area contributed by atoms with Crippen LogP contribution in [0, 0.1) is 0 Å². The molecule has 0 aliphatic heterocycles. The van der Waals surface area contributed by atoms with Crippen molar-refractivity contribution in [3.8, 4) is 11.3 Å². The second-order valence-electron chi connectivity index (χ2n) is 3.16. The Bertz CT molecular complexity index is 548. The van der Waals surface area contributed by atoms with Crippen LogP contribution in [0.15, 0.2) is 41.2 Å². The molecular weight excluding hydrogens is 212 g/mol. The highest BCUT2D eigenvalue weighted by Gasteiger charge is 2.03. The van der Waals surface area contributed by atoms with E-state index in [0.29, 0.717) is 16.4 Å². The molecular formula is C11H9ClN2O. The van der Waals surface area contributed by atoms with E-state index in [1.807, 2.05) is 0 Å². The maximum atomic E-state index is 11.1. The number of hydrogen-bond acceptors (Lipinski definition) is 2. The van der Waals surface area contributed by atoms with E-state index in [4.69, 9.17) is 17.3 Å². The molecule has 0 radical (unpaired) electrons. The molecule has 15 heavy (non-hydrogen) atoms. The third-order valence-electron chi connectivity index (χ3n) is 2.07. The highest BCUT2D eigenvalue weighted by Crippen LogP contribution is 2.25. The summed E-state index contributed by atoms with van der Waals surface area (Å²) in [6, 6.07) is 10.1. The summed E-state index contributed by atoms with van der Waals surface area (Å²) in [5, 5.41) is 0.578. The number of nitrogens with two attached hydrogens (primary N) is 1. The second kappa shape index (κ2) is 3.79. The first-order chi connectivity index (χ1) is 7.16. The second-order valence-corrected chi connectivity index (χ2v) is 3.60. The molecule has 0 spiro atoms. The lowest BCUT2D eigenvalue weighted by atomic mass is 10.1. The van der Waals surface area contributed by atoms with Gasteiger partial charge in [0.25, 0.3) is 0 Å². The average molecular weight is 221 g/mol. The van der Waals surface area contributed by atoms with Crippen LogP contribution < -0.4 is 11.3 Å². The van der Waals surface area contributed by atoms with E-state index in [1.54, 1.807) is 30.3 Å². The minimum absolute atomic E-state index is 0.151. The summed E-state index contributed by atoms with van der Waals surface area (Å²) in [5.74, 6) is 0. The van der Waals surface area contributed by atoms with Crippen molar-refractivity contribution >= 4 is 17.3 Å². The zero-order chi connectivity index (χ0) is 10.8. The van der Waals surface area contributed by atoms with Gasteiger partial charge in [-0.05, 0) is 24.3 Å². The average Bonchev–Trinajstić information content (AvgIpc) is 2.17. The summed E-state index contributed by atoms with van der Waals surface area (Å²) >= 11 is 5.78. The molecule has 1 aromatic heterocycles. The summed E-state index contributed by atoms with van der Waals surface area (Å²) in [7, 11) is 0. The first kappa shape index (κ1) is 9.80. The zero-order valence-electron chi connectivity index (χ0n) is 7.83. The highest BCUT2D eigenvalue weighted by molar-refractivity contribution is 6.31. The molecule has 0 atom stereocenters. The standard InChI is InChI=1S/C11H9ClN2O/c12-7-4-5-8(9(13)6-7)10-2-1-3-11(15)14-10/h1-6H,13H2,(H,14,15). The van der Waals surface area contributed by atoms with Gasteiger partial charge in [-0.25, -0.2) is 0 Å². The number of hydrogen-bond donors (Lipinski definition) is 2. The van der Waals surface area contributed by atoms with E-state index in [1.165, 1.54) is 6.07 Å². The van der Waals surface area contributed by atoms with E-state index in [9.17, 15) is 4.79 Å². The van der Waals surface area contributed by atoms with Gasteiger partial charge < -0.3 is 10.7 Å². The quantitative estimate of drug-likeness (QED) is 0.725. The van der Waals surface area contributed by atoms with Crippen LogP contribution in [-0.2, 0) is 0 Å². The Hall–Kier alpha value is -1.74. The molecule has 2 aromatic rings. The van der Waals surface area contributed by atoms with Crippen LogP contribution in [0.5, 0.6) is 0 Å². The molecule has 4 heteroatoms. The van der Waals surface area contributed by atoms with Crippen LogP contribution in [0.3, 0.4) is 0 Å².